The Morgan fingerprint density at radius 3 is 2.67 bits per heavy atom. The highest BCUT2D eigenvalue weighted by molar-refractivity contribution is 5.43. The van der Waals surface area contributed by atoms with Crippen LogP contribution in [0.15, 0.2) is 24.4 Å². The van der Waals surface area contributed by atoms with Crippen LogP contribution in [-0.4, -0.2) is 53.0 Å². The molecule has 1 aliphatic rings. The summed E-state index contributed by atoms with van der Waals surface area (Å²) in [7, 11) is 1.68. The van der Waals surface area contributed by atoms with Gasteiger partial charge in [-0.25, -0.2) is 4.98 Å². The lowest BCUT2D eigenvalue weighted by Gasteiger charge is -2.32. The number of piperidine rings is 1. The number of hydrogen-bond donors (Lipinski definition) is 1. The van der Waals surface area contributed by atoms with Crippen molar-refractivity contribution in [1.82, 2.24) is 14.5 Å². The van der Waals surface area contributed by atoms with Crippen molar-refractivity contribution in [2.24, 2.45) is 0 Å². The minimum absolute atomic E-state index is 0.155. The topological polar surface area (TPSA) is 59.8 Å². The number of methoxy groups -OCH3 is 1. The quantitative estimate of drug-likeness (QED) is 0.771. The monoisotopic (exact) mass is 373 g/mol. The van der Waals surface area contributed by atoms with Crippen LogP contribution in [0.1, 0.15) is 42.8 Å². The third kappa shape index (κ3) is 4.62. The Morgan fingerprint density at radius 1 is 1.22 bits per heavy atom. The zero-order valence-electron chi connectivity index (χ0n) is 16.6. The molecule has 1 N–H and O–H groups in total. The Morgan fingerprint density at radius 2 is 2.00 bits per heavy atom. The molecule has 1 fully saturated rings. The maximum Gasteiger partial charge on any atom is 0.161 e. The van der Waals surface area contributed by atoms with E-state index in [9.17, 15) is 5.11 Å². The van der Waals surface area contributed by atoms with Gasteiger partial charge in [0, 0.05) is 30.9 Å². The molecule has 0 spiro atoms. The van der Waals surface area contributed by atoms with Crippen molar-refractivity contribution in [2.45, 2.75) is 45.7 Å². The van der Waals surface area contributed by atoms with Gasteiger partial charge in [0.25, 0.3) is 0 Å². The predicted molar refractivity (Wildman–Crippen MR) is 105 cm³/mol. The minimum Gasteiger partial charge on any atom is -0.493 e. The van der Waals surface area contributed by atoms with Gasteiger partial charge in [0.05, 0.1) is 20.3 Å². The molecular formula is C21H31N3O3. The van der Waals surface area contributed by atoms with Gasteiger partial charge in [-0.05, 0) is 57.5 Å². The summed E-state index contributed by atoms with van der Waals surface area (Å²) in [6.07, 6.45) is 4.11. The van der Waals surface area contributed by atoms with Crippen molar-refractivity contribution in [3.8, 4) is 11.5 Å². The third-order valence-corrected chi connectivity index (χ3v) is 5.30. The van der Waals surface area contributed by atoms with Crippen molar-refractivity contribution in [3.63, 3.8) is 0 Å². The Bertz CT molecular complexity index is 736. The van der Waals surface area contributed by atoms with Crippen molar-refractivity contribution >= 4 is 0 Å². The van der Waals surface area contributed by atoms with Crippen LogP contribution in [0.4, 0.5) is 0 Å². The Kier molecular flexibility index (Phi) is 6.74. The number of benzene rings is 1. The standard InChI is InChI=1S/C21H31N3O3/c1-4-27-19-6-5-17(13-20(19)26-3)15-23-9-7-18(8-10-23)21-22-14-16(2)24(21)11-12-25/h5-6,13-14,18,25H,4,7-12,15H2,1-3H3. The summed E-state index contributed by atoms with van der Waals surface area (Å²) < 4.78 is 13.2. The van der Waals surface area contributed by atoms with Gasteiger partial charge in [0.2, 0.25) is 0 Å². The van der Waals surface area contributed by atoms with E-state index in [1.54, 1.807) is 7.11 Å². The molecule has 2 aromatic rings. The zero-order chi connectivity index (χ0) is 19.2. The number of rotatable bonds is 8. The van der Waals surface area contributed by atoms with Crippen molar-refractivity contribution < 1.29 is 14.6 Å². The van der Waals surface area contributed by atoms with E-state index in [1.165, 1.54) is 5.56 Å². The molecule has 27 heavy (non-hydrogen) atoms. The molecule has 1 saturated heterocycles. The zero-order valence-corrected chi connectivity index (χ0v) is 16.6. The molecule has 3 rings (SSSR count). The van der Waals surface area contributed by atoms with Crippen LogP contribution in [0.2, 0.25) is 0 Å². The third-order valence-electron chi connectivity index (χ3n) is 5.30. The number of aryl methyl sites for hydroxylation is 1. The van der Waals surface area contributed by atoms with E-state index < -0.39 is 0 Å². The summed E-state index contributed by atoms with van der Waals surface area (Å²) in [6.45, 7) is 8.46. The highest BCUT2D eigenvalue weighted by Gasteiger charge is 2.24. The summed E-state index contributed by atoms with van der Waals surface area (Å²) in [4.78, 5) is 7.10. The molecule has 0 radical (unpaired) electrons. The largest absolute Gasteiger partial charge is 0.493 e. The van der Waals surface area contributed by atoms with Gasteiger partial charge in [0.15, 0.2) is 11.5 Å². The van der Waals surface area contributed by atoms with Gasteiger partial charge in [-0.1, -0.05) is 6.07 Å². The van der Waals surface area contributed by atoms with E-state index in [1.807, 2.05) is 19.2 Å². The first-order valence-electron chi connectivity index (χ1n) is 9.81. The predicted octanol–water partition coefficient (Wildman–Crippen LogP) is 2.97. The number of nitrogens with zero attached hydrogens (tertiary/aromatic N) is 3. The van der Waals surface area contributed by atoms with E-state index >= 15 is 0 Å². The van der Waals surface area contributed by atoms with Gasteiger partial charge >= 0.3 is 0 Å². The maximum absolute atomic E-state index is 9.31. The van der Waals surface area contributed by atoms with Gasteiger partial charge in [-0.3, -0.25) is 4.90 Å². The molecule has 1 aromatic carbocycles. The highest BCUT2D eigenvalue weighted by atomic mass is 16.5. The summed E-state index contributed by atoms with van der Waals surface area (Å²) in [6, 6.07) is 6.20. The minimum atomic E-state index is 0.155. The lowest BCUT2D eigenvalue weighted by Crippen LogP contribution is -2.33. The van der Waals surface area contributed by atoms with Gasteiger partial charge in [0.1, 0.15) is 5.82 Å². The fourth-order valence-electron chi connectivity index (χ4n) is 3.89. The molecule has 6 heteroatoms. The molecular weight excluding hydrogens is 342 g/mol. The van der Waals surface area contributed by atoms with Crippen molar-refractivity contribution in [3.05, 3.63) is 41.5 Å². The smallest absolute Gasteiger partial charge is 0.161 e. The first kappa shape index (κ1) is 19.7. The molecule has 0 unspecified atom stereocenters. The first-order chi connectivity index (χ1) is 13.2. The normalized spacial score (nSPS) is 15.9. The summed E-state index contributed by atoms with van der Waals surface area (Å²) in [5.74, 6) is 3.19. The van der Waals surface area contributed by atoms with Crippen LogP contribution < -0.4 is 9.47 Å². The van der Waals surface area contributed by atoms with Gasteiger partial charge in [-0.2, -0.15) is 0 Å². The van der Waals surface area contributed by atoms with E-state index in [-0.39, 0.29) is 6.61 Å². The lowest BCUT2D eigenvalue weighted by molar-refractivity contribution is 0.198. The van der Waals surface area contributed by atoms with Crippen LogP contribution in [-0.2, 0) is 13.1 Å². The van der Waals surface area contributed by atoms with Gasteiger partial charge in [-0.15, -0.1) is 0 Å². The highest BCUT2D eigenvalue weighted by Crippen LogP contribution is 2.31. The number of ether oxygens (including phenoxy) is 2. The fraction of sp³-hybridized carbons (Fsp3) is 0.571. The molecule has 6 nitrogen and oxygen atoms in total. The number of aliphatic hydroxyl groups excluding tert-OH is 1. The van der Waals surface area contributed by atoms with Crippen molar-refractivity contribution in [2.75, 3.05) is 33.4 Å². The molecule has 0 atom stereocenters. The Hall–Kier alpha value is -2.05. The second-order valence-corrected chi connectivity index (χ2v) is 7.10. The molecule has 1 aromatic heterocycles. The first-order valence-corrected chi connectivity index (χ1v) is 9.81. The van der Waals surface area contributed by atoms with Crippen molar-refractivity contribution in [1.29, 1.82) is 0 Å². The molecule has 2 heterocycles. The number of aliphatic hydroxyl groups is 1. The molecule has 0 saturated carbocycles. The van der Waals surface area contributed by atoms with Crippen LogP contribution in [0.25, 0.3) is 0 Å². The Balaban J connectivity index is 1.60. The summed E-state index contributed by atoms with van der Waals surface area (Å²) in [5, 5.41) is 9.31. The summed E-state index contributed by atoms with van der Waals surface area (Å²) in [5.41, 5.74) is 2.37. The number of imidazole rings is 1. The van der Waals surface area contributed by atoms with Crippen LogP contribution in [0.5, 0.6) is 11.5 Å². The van der Waals surface area contributed by atoms with Crippen LogP contribution in [0, 0.1) is 6.92 Å². The summed E-state index contributed by atoms with van der Waals surface area (Å²) >= 11 is 0. The molecule has 0 bridgehead atoms. The van der Waals surface area contributed by atoms with E-state index in [2.05, 4.69) is 33.5 Å². The van der Waals surface area contributed by atoms with Gasteiger partial charge < -0.3 is 19.1 Å². The lowest BCUT2D eigenvalue weighted by atomic mass is 9.95. The van der Waals surface area contributed by atoms with Crippen LogP contribution >= 0.6 is 0 Å². The van der Waals surface area contributed by atoms with E-state index in [0.29, 0.717) is 19.1 Å². The Labute approximate surface area is 161 Å². The van der Waals surface area contributed by atoms with E-state index in [4.69, 9.17) is 9.47 Å². The second-order valence-electron chi connectivity index (χ2n) is 7.10. The van der Waals surface area contributed by atoms with E-state index in [0.717, 1.165) is 55.5 Å². The molecule has 148 valence electrons. The number of likely N-dealkylation sites (tertiary alicyclic amines) is 1. The number of hydrogen-bond acceptors (Lipinski definition) is 5. The average molecular weight is 373 g/mol. The SMILES string of the molecule is CCOc1ccc(CN2CCC(c3ncc(C)n3CCO)CC2)cc1OC. The fourth-order valence-corrected chi connectivity index (χ4v) is 3.89. The number of aromatic nitrogens is 2. The molecule has 1 aliphatic heterocycles. The average Bonchev–Trinajstić information content (AvgIpc) is 3.05. The second kappa shape index (κ2) is 9.24. The molecule has 0 amide bonds. The van der Waals surface area contributed by atoms with Crippen LogP contribution in [0.3, 0.4) is 0 Å². The maximum atomic E-state index is 9.31. The molecule has 0 aliphatic carbocycles.